The van der Waals surface area contributed by atoms with E-state index in [9.17, 15) is 4.79 Å². The summed E-state index contributed by atoms with van der Waals surface area (Å²) in [6.45, 7) is 6.66. The van der Waals surface area contributed by atoms with Crippen molar-refractivity contribution in [3.05, 3.63) is 64.7 Å². The molecule has 0 aromatic heterocycles. The third-order valence-corrected chi connectivity index (χ3v) is 4.89. The summed E-state index contributed by atoms with van der Waals surface area (Å²) in [5.41, 5.74) is 11.0. The Kier molecular flexibility index (Phi) is 3.88. The summed E-state index contributed by atoms with van der Waals surface area (Å²) >= 11 is 0. The van der Waals surface area contributed by atoms with Gasteiger partial charge in [0.25, 0.3) is 0 Å². The van der Waals surface area contributed by atoms with Crippen molar-refractivity contribution in [2.45, 2.75) is 45.1 Å². The van der Waals surface area contributed by atoms with Crippen LogP contribution in [0.2, 0.25) is 0 Å². The van der Waals surface area contributed by atoms with E-state index in [1.807, 2.05) is 12.1 Å². The molecule has 2 aromatic carbocycles. The Morgan fingerprint density at radius 2 is 2.00 bits per heavy atom. The van der Waals surface area contributed by atoms with E-state index in [2.05, 4.69) is 50.4 Å². The highest BCUT2D eigenvalue weighted by atomic mass is 16.1. The number of hydrogen-bond acceptors (Lipinski definition) is 2. The van der Waals surface area contributed by atoms with Gasteiger partial charge < -0.3 is 11.1 Å². The number of carbonyl (C=O) groups is 1. The van der Waals surface area contributed by atoms with E-state index in [0.717, 1.165) is 18.5 Å². The molecule has 1 aliphatic heterocycles. The first-order valence-electron chi connectivity index (χ1n) is 8.21. The molecule has 1 atom stereocenters. The maximum Gasteiger partial charge on any atom is 0.248 e. The number of hydrogen-bond donors (Lipinski definition) is 2. The van der Waals surface area contributed by atoms with Crippen LogP contribution in [0.3, 0.4) is 0 Å². The van der Waals surface area contributed by atoms with Gasteiger partial charge in [0.1, 0.15) is 0 Å². The largest absolute Gasteiger partial charge is 0.378 e. The summed E-state index contributed by atoms with van der Waals surface area (Å²) in [6.07, 6.45) is 2.02. The summed E-state index contributed by atoms with van der Waals surface area (Å²) < 4.78 is 0. The van der Waals surface area contributed by atoms with Gasteiger partial charge in [0, 0.05) is 11.3 Å². The summed E-state index contributed by atoms with van der Waals surface area (Å²) in [6, 6.07) is 14.6. The Balaban J connectivity index is 2.03. The Morgan fingerprint density at radius 1 is 1.26 bits per heavy atom. The fourth-order valence-corrected chi connectivity index (χ4v) is 3.63. The van der Waals surface area contributed by atoms with Gasteiger partial charge in [-0.05, 0) is 53.1 Å². The minimum atomic E-state index is -0.373. The number of nitrogens with two attached hydrogens (primary N) is 1. The zero-order valence-corrected chi connectivity index (χ0v) is 14.0. The van der Waals surface area contributed by atoms with E-state index in [1.165, 1.54) is 16.7 Å². The van der Waals surface area contributed by atoms with Crippen LogP contribution in [0.4, 0.5) is 5.69 Å². The summed E-state index contributed by atoms with van der Waals surface area (Å²) in [5, 5.41) is 3.66. The second-order valence-corrected chi connectivity index (χ2v) is 6.96. The summed E-state index contributed by atoms with van der Waals surface area (Å²) in [5.74, 6) is -0.373. The maximum atomic E-state index is 11.5. The number of primary amides is 1. The van der Waals surface area contributed by atoms with Crippen molar-refractivity contribution in [3.8, 4) is 0 Å². The van der Waals surface area contributed by atoms with Crippen LogP contribution in [-0.4, -0.2) is 5.91 Å². The van der Waals surface area contributed by atoms with Crippen molar-refractivity contribution >= 4 is 11.6 Å². The molecule has 120 valence electrons. The van der Waals surface area contributed by atoms with E-state index in [0.29, 0.717) is 5.56 Å². The summed E-state index contributed by atoms with van der Waals surface area (Å²) in [4.78, 5) is 11.5. The SMILES string of the molecule is CCc1ccccc1C1CC(C)(C)c2cc(C(N)=O)ccc2N1. The monoisotopic (exact) mass is 308 g/mol. The molecule has 2 aromatic rings. The number of fused-ring (bicyclic) bond motifs is 1. The lowest BCUT2D eigenvalue weighted by Gasteiger charge is -2.39. The van der Waals surface area contributed by atoms with Gasteiger partial charge in [-0.2, -0.15) is 0 Å². The first-order chi connectivity index (χ1) is 10.9. The van der Waals surface area contributed by atoms with E-state index in [4.69, 9.17) is 5.73 Å². The third kappa shape index (κ3) is 2.83. The predicted octanol–water partition coefficient (Wildman–Crippen LogP) is 4.18. The molecule has 0 radical (unpaired) electrons. The minimum absolute atomic E-state index is 0.0163. The Hall–Kier alpha value is -2.29. The molecule has 1 unspecified atom stereocenters. The molecule has 0 spiro atoms. The van der Waals surface area contributed by atoms with Crippen molar-refractivity contribution in [1.29, 1.82) is 0 Å². The maximum absolute atomic E-state index is 11.5. The van der Waals surface area contributed by atoms with Gasteiger partial charge >= 0.3 is 0 Å². The molecule has 3 N–H and O–H groups in total. The number of rotatable bonds is 3. The molecule has 0 aliphatic carbocycles. The molecule has 23 heavy (non-hydrogen) atoms. The highest BCUT2D eigenvalue weighted by molar-refractivity contribution is 5.93. The van der Waals surface area contributed by atoms with Crippen molar-refractivity contribution in [3.63, 3.8) is 0 Å². The molecule has 0 bridgehead atoms. The molecule has 3 rings (SSSR count). The van der Waals surface area contributed by atoms with Gasteiger partial charge in [0.05, 0.1) is 6.04 Å². The van der Waals surface area contributed by atoms with Crippen LogP contribution in [0.15, 0.2) is 42.5 Å². The van der Waals surface area contributed by atoms with E-state index >= 15 is 0 Å². The van der Waals surface area contributed by atoms with Gasteiger partial charge in [0.15, 0.2) is 0 Å². The molecule has 1 heterocycles. The molecule has 0 saturated carbocycles. The average Bonchev–Trinajstić information content (AvgIpc) is 2.53. The highest BCUT2D eigenvalue weighted by Gasteiger charge is 2.34. The van der Waals surface area contributed by atoms with Gasteiger partial charge in [-0.25, -0.2) is 0 Å². The minimum Gasteiger partial charge on any atom is -0.378 e. The second-order valence-electron chi connectivity index (χ2n) is 6.96. The standard InChI is InChI=1S/C20H24N2O/c1-4-13-7-5-6-8-15(13)18-12-20(2,3)16-11-14(19(21)23)9-10-17(16)22-18/h5-11,18,22H,4,12H2,1-3H3,(H2,21,23). The first kappa shape index (κ1) is 15.6. The van der Waals surface area contributed by atoms with Crippen molar-refractivity contribution in [2.75, 3.05) is 5.32 Å². The number of carbonyl (C=O) groups excluding carboxylic acids is 1. The van der Waals surface area contributed by atoms with Gasteiger partial charge in [-0.3, -0.25) is 4.79 Å². The third-order valence-electron chi connectivity index (χ3n) is 4.89. The van der Waals surface area contributed by atoms with Crippen molar-refractivity contribution in [1.82, 2.24) is 0 Å². The number of amides is 1. The van der Waals surface area contributed by atoms with Crippen LogP contribution in [-0.2, 0) is 11.8 Å². The zero-order valence-electron chi connectivity index (χ0n) is 14.0. The molecule has 1 amide bonds. The fourth-order valence-electron chi connectivity index (χ4n) is 3.63. The van der Waals surface area contributed by atoms with Gasteiger partial charge in [-0.1, -0.05) is 45.0 Å². The lowest BCUT2D eigenvalue weighted by atomic mass is 9.73. The topological polar surface area (TPSA) is 55.1 Å². The van der Waals surface area contributed by atoms with Crippen LogP contribution < -0.4 is 11.1 Å². The predicted molar refractivity (Wildman–Crippen MR) is 94.8 cm³/mol. The van der Waals surface area contributed by atoms with Crippen LogP contribution in [0, 0.1) is 0 Å². The number of aryl methyl sites for hydroxylation is 1. The normalized spacial score (nSPS) is 18.8. The van der Waals surface area contributed by atoms with E-state index in [1.54, 1.807) is 6.07 Å². The molecular weight excluding hydrogens is 284 g/mol. The van der Waals surface area contributed by atoms with Crippen molar-refractivity contribution in [2.24, 2.45) is 5.73 Å². The average molecular weight is 308 g/mol. The van der Waals surface area contributed by atoms with Crippen LogP contribution in [0.5, 0.6) is 0 Å². The Labute approximate surface area is 137 Å². The lowest BCUT2D eigenvalue weighted by Crippen LogP contribution is -2.32. The quantitative estimate of drug-likeness (QED) is 0.893. The molecule has 0 fully saturated rings. The number of nitrogens with one attached hydrogen (secondary N) is 1. The van der Waals surface area contributed by atoms with Gasteiger partial charge in [-0.15, -0.1) is 0 Å². The molecule has 3 nitrogen and oxygen atoms in total. The fraction of sp³-hybridized carbons (Fsp3) is 0.350. The molecule has 3 heteroatoms. The summed E-state index contributed by atoms with van der Waals surface area (Å²) in [7, 11) is 0. The van der Waals surface area contributed by atoms with Crippen LogP contribution >= 0.6 is 0 Å². The first-order valence-corrected chi connectivity index (χ1v) is 8.21. The van der Waals surface area contributed by atoms with Crippen LogP contribution in [0.25, 0.3) is 0 Å². The second kappa shape index (κ2) is 5.73. The molecule has 0 saturated heterocycles. The van der Waals surface area contributed by atoms with Gasteiger partial charge in [0.2, 0.25) is 5.91 Å². The number of benzene rings is 2. The zero-order chi connectivity index (χ0) is 16.6. The Morgan fingerprint density at radius 3 is 2.70 bits per heavy atom. The van der Waals surface area contributed by atoms with E-state index in [-0.39, 0.29) is 17.4 Å². The smallest absolute Gasteiger partial charge is 0.248 e. The van der Waals surface area contributed by atoms with E-state index < -0.39 is 0 Å². The molecular formula is C20H24N2O. The Bertz CT molecular complexity index is 749. The number of anilines is 1. The highest BCUT2D eigenvalue weighted by Crippen LogP contribution is 2.44. The lowest BCUT2D eigenvalue weighted by molar-refractivity contribution is 0.1000. The van der Waals surface area contributed by atoms with Crippen LogP contribution in [0.1, 0.15) is 60.3 Å². The van der Waals surface area contributed by atoms with Crippen molar-refractivity contribution < 1.29 is 4.79 Å². The molecule has 1 aliphatic rings.